The minimum Gasteiger partial charge on any atom is -0.338 e. The van der Waals surface area contributed by atoms with Crippen LogP contribution in [0.15, 0.2) is 12.1 Å². The Labute approximate surface area is 128 Å². The molecule has 0 spiro atoms. The largest absolute Gasteiger partial charge is 0.338 e. The molecule has 1 aromatic rings. The van der Waals surface area contributed by atoms with Crippen LogP contribution in [-0.2, 0) is 0 Å². The molecule has 21 heavy (non-hydrogen) atoms. The normalized spacial score (nSPS) is 18.0. The molecule has 0 aromatic heterocycles. The molecule has 8 heteroatoms. The summed E-state index contributed by atoms with van der Waals surface area (Å²) in [5.41, 5.74) is -1.74. The number of carbonyl (C=O) groups is 1. The first-order valence-electron chi connectivity index (χ1n) is 6.43. The van der Waals surface area contributed by atoms with Crippen molar-refractivity contribution in [2.45, 2.75) is 12.8 Å². The van der Waals surface area contributed by atoms with Gasteiger partial charge >= 0.3 is 5.69 Å². The van der Waals surface area contributed by atoms with Crippen LogP contribution >= 0.6 is 15.9 Å². The van der Waals surface area contributed by atoms with Crippen LogP contribution in [0.3, 0.4) is 0 Å². The Morgan fingerprint density at radius 3 is 2.81 bits per heavy atom. The molecular formula is C13H13BrF2N2O3. The predicted molar refractivity (Wildman–Crippen MR) is 75.4 cm³/mol. The van der Waals surface area contributed by atoms with E-state index in [1.807, 2.05) is 0 Å². The van der Waals surface area contributed by atoms with E-state index < -0.39 is 33.7 Å². The van der Waals surface area contributed by atoms with Gasteiger partial charge in [0.15, 0.2) is 0 Å². The van der Waals surface area contributed by atoms with E-state index in [1.165, 1.54) is 4.90 Å². The van der Waals surface area contributed by atoms with E-state index in [2.05, 4.69) is 15.9 Å². The Morgan fingerprint density at radius 1 is 1.48 bits per heavy atom. The average molecular weight is 363 g/mol. The van der Waals surface area contributed by atoms with Crippen LogP contribution in [0.25, 0.3) is 0 Å². The maximum absolute atomic E-state index is 14.0. The van der Waals surface area contributed by atoms with E-state index >= 15 is 0 Å². The lowest BCUT2D eigenvalue weighted by atomic mass is 10.1. The number of hydrogen-bond acceptors (Lipinski definition) is 3. The Bertz CT molecular complexity index is 583. The van der Waals surface area contributed by atoms with Crippen LogP contribution in [0.1, 0.15) is 23.2 Å². The molecule has 1 aliphatic rings. The minimum absolute atomic E-state index is 0.276. The van der Waals surface area contributed by atoms with Gasteiger partial charge in [0.25, 0.3) is 5.91 Å². The van der Waals surface area contributed by atoms with Gasteiger partial charge in [0.2, 0.25) is 5.82 Å². The topological polar surface area (TPSA) is 63.4 Å². The van der Waals surface area contributed by atoms with Gasteiger partial charge in [-0.25, -0.2) is 4.39 Å². The van der Waals surface area contributed by atoms with Gasteiger partial charge in [-0.2, -0.15) is 4.39 Å². The molecule has 1 heterocycles. The van der Waals surface area contributed by atoms with Gasteiger partial charge in [0.1, 0.15) is 11.4 Å². The van der Waals surface area contributed by atoms with E-state index in [9.17, 15) is 23.7 Å². The van der Waals surface area contributed by atoms with Crippen molar-refractivity contribution in [2.75, 3.05) is 18.4 Å². The number of nitrogens with zero attached hydrogens (tertiary/aromatic N) is 2. The van der Waals surface area contributed by atoms with E-state index in [4.69, 9.17) is 0 Å². The third kappa shape index (κ3) is 3.20. The van der Waals surface area contributed by atoms with E-state index in [0.717, 1.165) is 30.3 Å². The van der Waals surface area contributed by atoms with Gasteiger partial charge in [-0.05, 0) is 24.8 Å². The number of nitro benzene ring substituents is 1. The zero-order chi connectivity index (χ0) is 15.6. The Balaban J connectivity index is 2.28. The highest BCUT2D eigenvalue weighted by molar-refractivity contribution is 9.09. The summed E-state index contributed by atoms with van der Waals surface area (Å²) in [6.45, 7) is 0.810. The smallest absolute Gasteiger partial charge is 0.305 e. The molecule has 1 aliphatic heterocycles. The minimum atomic E-state index is -1.41. The summed E-state index contributed by atoms with van der Waals surface area (Å²) < 4.78 is 27.7. The number of amides is 1. The molecule has 5 nitrogen and oxygen atoms in total. The van der Waals surface area contributed by atoms with Gasteiger partial charge in [0.05, 0.1) is 4.92 Å². The quantitative estimate of drug-likeness (QED) is 0.469. The average Bonchev–Trinajstić information content (AvgIpc) is 2.87. The summed E-state index contributed by atoms with van der Waals surface area (Å²) >= 11 is 3.31. The predicted octanol–water partition coefficient (Wildman–Crippen LogP) is 3.12. The Kier molecular flexibility index (Phi) is 4.87. The number of likely N-dealkylation sites (tertiary alicyclic amines) is 1. The van der Waals surface area contributed by atoms with Crippen LogP contribution in [-0.4, -0.2) is 34.2 Å². The lowest BCUT2D eigenvalue weighted by Gasteiger charge is -2.17. The van der Waals surface area contributed by atoms with Crippen LogP contribution < -0.4 is 0 Å². The summed E-state index contributed by atoms with van der Waals surface area (Å²) in [7, 11) is 0. The van der Waals surface area contributed by atoms with Crippen molar-refractivity contribution in [3.05, 3.63) is 39.4 Å². The second kappa shape index (κ2) is 6.46. The second-order valence-electron chi connectivity index (χ2n) is 4.90. The number of halogens is 3. The van der Waals surface area contributed by atoms with E-state index in [-0.39, 0.29) is 5.92 Å². The van der Waals surface area contributed by atoms with Crippen molar-refractivity contribution in [1.29, 1.82) is 0 Å². The van der Waals surface area contributed by atoms with Crippen molar-refractivity contribution in [3.63, 3.8) is 0 Å². The van der Waals surface area contributed by atoms with Gasteiger partial charge < -0.3 is 4.90 Å². The van der Waals surface area contributed by atoms with Gasteiger partial charge in [-0.1, -0.05) is 15.9 Å². The second-order valence-corrected chi connectivity index (χ2v) is 5.69. The lowest BCUT2D eigenvalue weighted by Crippen LogP contribution is -2.30. The number of nitro groups is 1. The number of alkyl halides is 1. The molecule has 1 amide bonds. The van der Waals surface area contributed by atoms with E-state index in [1.54, 1.807) is 0 Å². The summed E-state index contributed by atoms with van der Waals surface area (Å²) in [6, 6.07) is 1.47. The molecule has 1 aromatic carbocycles. The number of benzene rings is 1. The Morgan fingerprint density at radius 2 is 2.19 bits per heavy atom. The third-order valence-electron chi connectivity index (χ3n) is 3.57. The van der Waals surface area contributed by atoms with Gasteiger partial charge in [-0.15, -0.1) is 0 Å². The highest BCUT2D eigenvalue weighted by atomic mass is 79.9. The number of hydrogen-bond donors (Lipinski definition) is 0. The van der Waals surface area contributed by atoms with Crippen molar-refractivity contribution < 1.29 is 18.5 Å². The maximum atomic E-state index is 14.0. The van der Waals surface area contributed by atoms with Crippen LogP contribution in [0, 0.1) is 27.7 Å². The fraction of sp³-hybridized carbons (Fsp3) is 0.462. The van der Waals surface area contributed by atoms with Crippen LogP contribution in [0.2, 0.25) is 0 Å². The zero-order valence-electron chi connectivity index (χ0n) is 11.0. The highest BCUT2D eigenvalue weighted by Crippen LogP contribution is 2.27. The number of rotatable bonds is 4. The first kappa shape index (κ1) is 15.8. The fourth-order valence-electron chi connectivity index (χ4n) is 2.44. The SMILES string of the molecule is O=C(c1c(F)ccc([N+](=O)[O-])c1F)N1CCC(CCBr)C1. The first-order valence-corrected chi connectivity index (χ1v) is 7.55. The standard InChI is InChI=1S/C13H13BrF2N2O3/c14-5-3-8-4-6-17(7-8)13(19)11-9(15)1-2-10(12(11)16)18(20)21/h1-2,8H,3-7H2. The highest BCUT2D eigenvalue weighted by Gasteiger charge is 2.32. The summed E-state index contributed by atoms with van der Waals surface area (Å²) in [5.74, 6) is -3.04. The van der Waals surface area contributed by atoms with E-state index in [0.29, 0.717) is 13.1 Å². The molecule has 0 radical (unpaired) electrons. The lowest BCUT2D eigenvalue weighted by molar-refractivity contribution is -0.387. The molecule has 0 saturated carbocycles. The Hall–Kier alpha value is -1.57. The van der Waals surface area contributed by atoms with Crippen molar-refractivity contribution in [1.82, 2.24) is 4.90 Å². The monoisotopic (exact) mass is 362 g/mol. The molecule has 1 unspecified atom stereocenters. The first-order chi connectivity index (χ1) is 9.95. The molecule has 0 bridgehead atoms. The summed E-state index contributed by atoms with van der Waals surface area (Å²) in [6.07, 6.45) is 1.62. The summed E-state index contributed by atoms with van der Waals surface area (Å²) in [5, 5.41) is 11.5. The van der Waals surface area contributed by atoms with Crippen molar-refractivity contribution in [2.24, 2.45) is 5.92 Å². The zero-order valence-corrected chi connectivity index (χ0v) is 12.6. The van der Waals surface area contributed by atoms with Crippen molar-refractivity contribution >= 4 is 27.5 Å². The number of carbonyl (C=O) groups excluding carboxylic acids is 1. The molecule has 2 rings (SSSR count). The molecule has 1 saturated heterocycles. The molecule has 114 valence electrons. The third-order valence-corrected chi connectivity index (χ3v) is 4.03. The van der Waals surface area contributed by atoms with Crippen molar-refractivity contribution in [3.8, 4) is 0 Å². The molecular weight excluding hydrogens is 350 g/mol. The van der Waals surface area contributed by atoms with Gasteiger partial charge in [-0.3, -0.25) is 14.9 Å². The molecule has 1 fully saturated rings. The summed E-state index contributed by atoms with van der Waals surface area (Å²) in [4.78, 5) is 23.3. The van der Waals surface area contributed by atoms with Gasteiger partial charge in [0, 0.05) is 24.5 Å². The maximum Gasteiger partial charge on any atom is 0.305 e. The molecule has 1 atom stereocenters. The molecule has 0 N–H and O–H groups in total. The van der Waals surface area contributed by atoms with Crippen LogP contribution in [0.5, 0.6) is 0 Å². The molecule has 0 aliphatic carbocycles. The fourth-order valence-corrected chi connectivity index (χ4v) is 3.09. The van der Waals surface area contributed by atoms with Crippen LogP contribution in [0.4, 0.5) is 14.5 Å².